The van der Waals surface area contributed by atoms with Crippen LogP contribution in [0.2, 0.25) is 0 Å². The molecule has 3 unspecified atom stereocenters. The second kappa shape index (κ2) is 7.15. The Balaban J connectivity index is 1.70. The number of ether oxygens (including phenoxy) is 3. The van der Waals surface area contributed by atoms with E-state index >= 15 is 0 Å². The number of hydrogen-bond acceptors (Lipinski definition) is 6. The van der Waals surface area contributed by atoms with E-state index in [2.05, 4.69) is 6.92 Å². The van der Waals surface area contributed by atoms with Gasteiger partial charge in [0.1, 0.15) is 6.10 Å². The van der Waals surface area contributed by atoms with Gasteiger partial charge < -0.3 is 14.2 Å². The van der Waals surface area contributed by atoms with Crippen LogP contribution in [-0.4, -0.2) is 30.9 Å². The predicted octanol–water partition coefficient (Wildman–Crippen LogP) is 4.05. The molecule has 3 aliphatic carbocycles. The van der Waals surface area contributed by atoms with Crippen LogP contribution in [0.15, 0.2) is 12.1 Å². The number of methoxy groups -OCH3 is 1. The highest BCUT2D eigenvalue weighted by Gasteiger charge is 2.57. The first-order chi connectivity index (χ1) is 13.7. The molecule has 0 N–H and O–H groups in total. The zero-order valence-corrected chi connectivity index (χ0v) is 17.4. The Bertz CT molecular complexity index is 874. The monoisotopic (exact) mass is 400 g/mol. The van der Waals surface area contributed by atoms with Gasteiger partial charge in [-0.05, 0) is 61.1 Å². The summed E-state index contributed by atoms with van der Waals surface area (Å²) in [6.07, 6.45) is 4.14. The second-order valence-corrected chi connectivity index (χ2v) is 8.91. The van der Waals surface area contributed by atoms with Crippen LogP contribution >= 0.6 is 0 Å². The Labute approximate surface area is 170 Å². The third-order valence-electron chi connectivity index (χ3n) is 7.37. The van der Waals surface area contributed by atoms with Crippen molar-refractivity contribution in [1.82, 2.24) is 0 Å². The number of carbonyl (C=O) groups excluding carboxylic acids is 3. The van der Waals surface area contributed by atoms with Crippen molar-refractivity contribution in [3.8, 4) is 11.5 Å². The molecule has 0 aliphatic heterocycles. The highest BCUT2D eigenvalue weighted by Crippen LogP contribution is 2.62. The van der Waals surface area contributed by atoms with Gasteiger partial charge in [-0.1, -0.05) is 6.92 Å². The minimum atomic E-state index is -0.444. The largest absolute Gasteiger partial charge is 0.493 e. The summed E-state index contributed by atoms with van der Waals surface area (Å²) in [4.78, 5) is 36.1. The quantitative estimate of drug-likeness (QED) is 0.563. The van der Waals surface area contributed by atoms with E-state index in [0.29, 0.717) is 29.4 Å². The van der Waals surface area contributed by atoms with Crippen molar-refractivity contribution in [2.45, 2.75) is 64.9 Å². The zero-order valence-electron chi connectivity index (χ0n) is 17.4. The van der Waals surface area contributed by atoms with Crippen molar-refractivity contribution >= 4 is 17.7 Å². The van der Waals surface area contributed by atoms with Gasteiger partial charge in [-0.3, -0.25) is 14.4 Å². The van der Waals surface area contributed by atoms with Gasteiger partial charge in [0, 0.05) is 31.2 Å². The van der Waals surface area contributed by atoms with Crippen LogP contribution < -0.4 is 9.47 Å². The molecule has 29 heavy (non-hydrogen) atoms. The molecule has 0 saturated heterocycles. The van der Waals surface area contributed by atoms with Crippen LogP contribution in [0.1, 0.15) is 74.7 Å². The molecular weight excluding hydrogens is 372 g/mol. The summed E-state index contributed by atoms with van der Waals surface area (Å²) < 4.78 is 16.4. The van der Waals surface area contributed by atoms with E-state index in [-0.39, 0.29) is 35.1 Å². The molecule has 3 aliphatic rings. The maximum Gasteiger partial charge on any atom is 0.308 e. The van der Waals surface area contributed by atoms with Gasteiger partial charge in [0.2, 0.25) is 0 Å². The van der Waals surface area contributed by atoms with Gasteiger partial charge in [-0.25, -0.2) is 0 Å². The summed E-state index contributed by atoms with van der Waals surface area (Å²) in [5.74, 6) is 1.02. The molecular formula is C23H28O6. The number of carbonyl (C=O) groups is 3. The van der Waals surface area contributed by atoms with Crippen LogP contribution in [-0.2, 0) is 14.3 Å². The molecule has 0 aromatic heterocycles. The van der Waals surface area contributed by atoms with Gasteiger partial charge in [0.15, 0.2) is 17.3 Å². The van der Waals surface area contributed by atoms with E-state index < -0.39 is 5.97 Å². The molecule has 0 heterocycles. The summed E-state index contributed by atoms with van der Waals surface area (Å²) >= 11 is 0. The normalized spacial score (nSPS) is 32.6. The third-order valence-corrected chi connectivity index (χ3v) is 7.37. The molecule has 0 radical (unpaired) electrons. The van der Waals surface area contributed by atoms with Crippen LogP contribution in [0.3, 0.4) is 0 Å². The number of fused-ring (bicyclic) bond motifs is 5. The Morgan fingerprint density at radius 1 is 1.07 bits per heavy atom. The molecule has 2 saturated carbocycles. The molecule has 1 aromatic rings. The molecule has 6 nitrogen and oxygen atoms in total. The fourth-order valence-electron chi connectivity index (χ4n) is 6.15. The van der Waals surface area contributed by atoms with E-state index in [1.165, 1.54) is 21.0 Å². The second-order valence-electron chi connectivity index (χ2n) is 8.91. The third kappa shape index (κ3) is 3.22. The molecule has 4 rings (SSSR count). The molecule has 156 valence electrons. The van der Waals surface area contributed by atoms with Crippen LogP contribution in [0.25, 0.3) is 0 Å². The van der Waals surface area contributed by atoms with Gasteiger partial charge in [0.05, 0.1) is 7.11 Å². The summed E-state index contributed by atoms with van der Waals surface area (Å²) in [6.45, 7) is 5.02. The Morgan fingerprint density at radius 2 is 1.83 bits per heavy atom. The van der Waals surface area contributed by atoms with Gasteiger partial charge >= 0.3 is 11.9 Å². The molecule has 6 heteroatoms. The van der Waals surface area contributed by atoms with Crippen molar-refractivity contribution in [3.05, 3.63) is 23.3 Å². The minimum absolute atomic E-state index is 0.0664. The van der Waals surface area contributed by atoms with E-state index in [1.54, 1.807) is 6.07 Å². The van der Waals surface area contributed by atoms with Crippen molar-refractivity contribution in [2.75, 3.05) is 7.11 Å². The lowest BCUT2D eigenvalue weighted by Gasteiger charge is -2.50. The fourth-order valence-corrected chi connectivity index (χ4v) is 6.15. The van der Waals surface area contributed by atoms with Crippen LogP contribution in [0.4, 0.5) is 0 Å². The Kier molecular flexibility index (Phi) is 4.91. The van der Waals surface area contributed by atoms with Crippen molar-refractivity contribution in [2.24, 2.45) is 17.3 Å². The standard InChI is InChI=1S/C23H28O6/c1-12(24)28-21-11-17-15(10-20(21)27-4)14-7-8-23(3)18(16(14)9-19(17)26)5-6-22(23)29-13(2)25/h10-11,14,16,18,22H,5-9H2,1-4H3/t14?,16?,18?,22-,23-/m0/s1. The maximum atomic E-state index is 13.1. The highest BCUT2D eigenvalue weighted by atomic mass is 16.6. The summed E-state index contributed by atoms with van der Waals surface area (Å²) in [7, 11) is 1.54. The lowest BCUT2D eigenvalue weighted by atomic mass is 9.55. The number of esters is 2. The number of benzene rings is 1. The van der Waals surface area contributed by atoms with Gasteiger partial charge in [0.25, 0.3) is 0 Å². The van der Waals surface area contributed by atoms with Crippen LogP contribution in [0, 0.1) is 17.3 Å². The molecule has 0 bridgehead atoms. The van der Waals surface area contributed by atoms with Crippen LogP contribution in [0.5, 0.6) is 11.5 Å². The molecule has 2 fully saturated rings. The number of hydrogen-bond donors (Lipinski definition) is 0. The SMILES string of the molecule is COc1cc2c(cc1OC(C)=O)C(=O)CC1C2CC[C@@]2(C)C1CC[C@@H]2OC(C)=O. The topological polar surface area (TPSA) is 78.9 Å². The molecule has 0 spiro atoms. The lowest BCUT2D eigenvalue weighted by molar-refractivity contribution is -0.154. The smallest absolute Gasteiger partial charge is 0.308 e. The summed E-state index contributed by atoms with van der Waals surface area (Å²) in [5.41, 5.74) is 1.56. The minimum Gasteiger partial charge on any atom is -0.493 e. The summed E-state index contributed by atoms with van der Waals surface area (Å²) in [5, 5.41) is 0. The zero-order chi connectivity index (χ0) is 20.9. The van der Waals surface area contributed by atoms with Gasteiger partial charge in [-0.15, -0.1) is 0 Å². The molecule has 5 atom stereocenters. The first kappa shape index (κ1) is 19.9. The molecule has 1 aromatic carbocycles. The highest BCUT2D eigenvalue weighted by molar-refractivity contribution is 6.00. The Hall–Kier alpha value is -2.37. The number of ketones is 1. The number of Topliss-reactive ketones (excluding diaryl/α,β-unsaturated/α-hetero) is 1. The van der Waals surface area contributed by atoms with E-state index in [1.807, 2.05) is 6.07 Å². The van der Waals surface area contributed by atoms with Crippen molar-refractivity contribution in [3.63, 3.8) is 0 Å². The maximum absolute atomic E-state index is 13.1. The van der Waals surface area contributed by atoms with Crippen molar-refractivity contribution < 1.29 is 28.6 Å². The van der Waals surface area contributed by atoms with Gasteiger partial charge in [-0.2, -0.15) is 0 Å². The predicted molar refractivity (Wildman–Crippen MR) is 105 cm³/mol. The van der Waals surface area contributed by atoms with E-state index in [9.17, 15) is 14.4 Å². The Morgan fingerprint density at radius 3 is 2.48 bits per heavy atom. The van der Waals surface area contributed by atoms with Crippen molar-refractivity contribution in [1.29, 1.82) is 0 Å². The fraction of sp³-hybridized carbons (Fsp3) is 0.609. The average Bonchev–Trinajstić information content (AvgIpc) is 2.97. The summed E-state index contributed by atoms with van der Waals surface area (Å²) in [6, 6.07) is 3.54. The lowest BCUT2D eigenvalue weighted by Crippen LogP contribution is -2.46. The van der Waals surface area contributed by atoms with E-state index in [0.717, 1.165) is 31.2 Å². The molecule has 0 amide bonds. The van der Waals surface area contributed by atoms with E-state index in [4.69, 9.17) is 14.2 Å². The average molecular weight is 400 g/mol. The first-order valence-corrected chi connectivity index (χ1v) is 10.4. The number of rotatable bonds is 3. The first-order valence-electron chi connectivity index (χ1n) is 10.4.